The van der Waals surface area contributed by atoms with Gasteiger partial charge in [-0.25, -0.2) is 0 Å². The highest BCUT2D eigenvalue weighted by Crippen LogP contribution is 2.40. The molecule has 1 aromatic heterocycles. The minimum absolute atomic E-state index is 0.0284. The lowest BCUT2D eigenvalue weighted by atomic mass is 9.94. The molecule has 2 unspecified atom stereocenters. The van der Waals surface area contributed by atoms with Crippen LogP contribution >= 0.6 is 34.5 Å². The van der Waals surface area contributed by atoms with Gasteiger partial charge >= 0.3 is 5.97 Å². The number of benzene rings is 2. The maximum absolute atomic E-state index is 11.6. The lowest BCUT2D eigenvalue weighted by Gasteiger charge is -2.37. The molecule has 1 aliphatic heterocycles. The summed E-state index contributed by atoms with van der Waals surface area (Å²) < 4.78 is 1.23. The number of hydrogen-bond acceptors (Lipinski definition) is 3. The minimum Gasteiger partial charge on any atom is -0.481 e. The largest absolute Gasteiger partial charge is 0.481 e. The van der Waals surface area contributed by atoms with Crippen LogP contribution in [0.15, 0.2) is 48.5 Å². The first-order valence-corrected chi connectivity index (χ1v) is 10.5. The zero-order chi connectivity index (χ0) is 19.0. The topological polar surface area (TPSA) is 40.5 Å². The molecule has 1 aliphatic rings. The Hall–Kier alpha value is -1.59. The molecule has 2 atom stereocenters. The highest BCUT2D eigenvalue weighted by Gasteiger charge is 2.32. The number of nitrogens with zero attached hydrogens (tertiary/aromatic N) is 1. The van der Waals surface area contributed by atoms with Crippen LogP contribution in [0.2, 0.25) is 10.0 Å². The predicted molar refractivity (Wildman–Crippen MR) is 112 cm³/mol. The van der Waals surface area contributed by atoms with Gasteiger partial charge in [-0.05, 0) is 54.6 Å². The van der Waals surface area contributed by atoms with Crippen molar-refractivity contribution < 1.29 is 9.90 Å². The van der Waals surface area contributed by atoms with Crippen molar-refractivity contribution in [3.63, 3.8) is 0 Å². The first-order valence-electron chi connectivity index (χ1n) is 8.93. The lowest BCUT2D eigenvalue weighted by Crippen LogP contribution is -2.41. The van der Waals surface area contributed by atoms with Crippen molar-refractivity contribution in [1.82, 2.24) is 4.90 Å². The number of carbonyl (C=O) groups is 1. The molecule has 6 heteroatoms. The molecule has 0 spiro atoms. The van der Waals surface area contributed by atoms with E-state index in [1.54, 1.807) is 11.3 Å². The van der Waals surface area contributed by atoms with Crippen molar-refractivity contribution in [2.75, 3.05) is 13.1 Å². The normalized spacial score (nSPS) is 19.3. The molecular formula is C21H19Cl2NO2S. The van der Waals surface area contributed by atoms with Crippen LogP contribution in [0.5, 0.6) is 0 Å². The van der Waals surface area contributed by atoms with Crippen LogP contribution in [0.4, 0.5) is 0 Å². The third-order valence-electron chi connectivity index (χ3n) is 5.14. The van der Waals surface area contributed by atoms with Crippen molar-refractivity contribution in [2.45, 2.75) is 18.9 Å². The van der Waals surface area contributed by atoms with Crippen molar-refractivity contribution in [3.05, 3.63) is 69.0 Å². The van der Waals surface area contributed by atoms with Crippen LogP contribution < -0.4 is 0 Å². The fourth-order valence-corrected chi connectivity index (χ4v) is 5.35. The van der Waals surface area contributed by atoms with Crippen LogP contribution in [0.1, 0.15) is 29.3 Å². The van der Waals surface area contributed by atoms with E-state index < -0.39 is 5.97 Å². The van der Waals surface area contributed by atoms with Gasteiger partial charge in [0, 0.05) is 16.1 Å². The Morgan fingerprint density at radius 2 is 1.96 bits per heavy atom. The van der Waals surface area contributed by atoms with Crippen LogP contribution in [-0.4, -0.2) is 29.1 Å². The fourth-order valence-electron chi connectivity index (χ4n) is 3.82. The van der Waals surface area contributed by atoms with Crippen molar-refractivity contribution >= 4 is 50.6 Å². The second-order valence-corrected chi connectivity index (χ2v) is 8.86. The number of rotatable bonds is 4. The van der Waals surface area contributed by atoms with E-state index in [4.69, 9.17) is 23.2 Å². The van der Waals surface area contributed by atoms with Crippen LogP contribution in [0.3, 0.4) is 0 Å². The summed E-state index contributed by atoms with van der Waals surface area (Å²) in [7, 11) is 0. The van der Waals surface area contributed by atoms with Crippen LogP contribution in [0.25, 0.3) is 10.1 Å². The van der Waals surface area contributed by atoms with Crippen molar-refractivity contribution in [2.24, 2.45) is 5.92 Å². The van der Waals surface area contributed by atoms with Gasteiger partial charge in [0.15, 0.2) is 0 Å². The van der Waals surface area contributed by atoms with E-state index in [2.05, 4.69) is 23.1 Å². The SMILES string of the molecule is O=C(O)C1CCCN(C(c2ccc(Cl)c(Cl)c2)c2cc3ccccc3s2)C1. The average molecular weight is 420 g/mol. The lowest BCUT2D eigenvalue weighted by molar-refractivity contribution is -0.143. The van der Waals surface area contributed by atoms with Crippen molar-refractivity contribution in [1.29, 1.82) is 0 Å². The first-order chi connectivity index (χ1) is 13.0. The molecule has 0 radical (unpaired) electrons. The summed E-state index contributed by atoms with van der Waals surface area (Å²) in [5.41, 5.74) is 1.04. The number of likely N-dealkylation sites (tertiary alicyclic amines) is 1. The summed E-state index contributed by atoms with van der Waals surface area (Å²) >= 11 is 14.2. The highest BCUT2D eigenvalue weighted by molar-refractivity contribution is 7.19. The summed E-state index contributed by atoms with van der Waals surface area (Å²) in [5.74, 6) is -1.05. The number of thiophene rings is 1. The van der Waals surface area contributed by atoms with E-state index >= 15 is 0 Å². The average Bonchev–Trinajstić information content (AvgIpc) is 3.08. The summed E-state index contributed by atoms with van der Waals surface area (Å²) in [6.45, 7) is 1.40. The Bertz CT molecular complexity index is 954. The van der Waals surface area contributed by atoms with Gasteiger partial charge < -0.3 is 5.11 Å². The number of carboxylic acid groups (broad SMARTS) is 1. The van der Waals surface area contributed by atoms with Crippen LogP contribution in [-0.2, 0) is 4.79 Å². The summed E-state index contributed by atoms with van der Waals surface area (Å²) in [6, 6.07) is 16.2. The molecule has 1 N–H and O–H groups in total. The monoisotopic (exact) mass is 419 g/mol. The van der Waals surface area contributed by atoms with Gasteiger partial charge in [-0.2, -0.15) is 0 Å². The molecule has 1 fully saturated rings. The summed E-state index contributed by atoms with van der Waals surface area (Å²) in [4.78, 5) is 15.0. The van der Waals surface area contributed by atoms with Gasteiger partial charge in [-0.3, -0.25) is 9.69 Å². The molecule has 3 aromatic rings. The van der Waals surface area contributed by atoms with Crippen LogP contribution in [0, 0.1) is 5.92 Å². The number of fused-ring (bicyclic) bond motifs is 1. The molecule has 27 heavy (non-hydrogen) atoms. The number of carboxylic acids is 1. The van der Waals surface area contributed by atoms with Crippen molar-refractivity contribution in [3.8, 4) is 0 Å². The molecule has 4 rings (SSSR count). The Morgan fingerprint density at radius 1 is 1.15 bits per heavy atom. The molecule has 1 saturated heterocycles. The van der Waals surface area contributed by atoms with E-state index in [1.165, 1.54) is 15.0 Å². The third-order valence-corrected chi connectivity index (χ3v) is 7.05. The van der Waals surface area contributed by atoms with Gasteiger partial charge in [-0.15, -0.1) is 11.3 Å². The molecule has 2 aromatic carbocycles. The Labute approximate surface area is 172 Å². The smallest absolute Gasteiger partial charge is 0.307 e. The zero-order valence-electron chi connectivity index (χ0n) is 14.6. The van der Waals surface area contributed by atoms with E-state index in [-0.39, 0.29) is 12.0 Å². The number of piperidine rings is 1. The molecule has 140 valence electrons. The minimum atomic E-state index is -0.719. The molecule has 3 nitrogen and oxygen atoms in total. The molecule has 0 aliphatic carbocycles. The second-order valence-electron chi connectivity index (χ2n) is 6.94. The van der Waals surface area contributed by atoms with Gasteiger partial charge in [0.2, 0.25) is 0 Å². The van der Waals surface area contributed by atoms with E-state index in [0.29, 0.717) is 16.6 Å². The van der Waals surface area contributed by atoms with Gasteiger partial charge in [0.25, 0.3) is 0 Å². The predicted octanol–water partition coefficient (Wildman–Crippen LogP) is 6.09. The van der Waals surface area contributed by atoms with E-state index in [0.717, 1.165) is 24.9 Å². The number of hydrogen-bond donors (Lipinski definition) is 1. The highest BCUT2D eigenvalue weighted by atomic mass is 35.5. The van der Waals surface area contributed by atoms with Gasteiger partial charge in [-0.1, -0.05) is 47.5 Å². The van der Waals surface area contributed by atoms with Gasteiger partial charge in [0.1, 0.15) is 0 Å². The quantitative estimate of drug-likeness (QED) is 0.555. The van der Waals surface area contributed by atoms with Gasteiger partial charge in [0.05, 0.1) is 22.0 Å². The van der Waals surface area contributed by atoms with E-state index in [1.807, 2.05) is 30.3 Å². The van der Waals surface area contributed by atoms with E-state index in [9.17, 15) is 9.90 Å². The third kappa shape index (κ3) is 3.85. The summed E-state index contributed by atoms with van der Waals surface area (Å²) in [6.07, 6.45) is 1.60. The zero-order valence-corrected chi connectivity index (χ0v) is 16.9. The second kappa shape index (κ2) is 7.80. The first kappa shape index (κ1) is 18.8. The standard InChI is InChI=1S/C21H19Cl2NO2S/c22-16-8-7-14(10-17(16)23)20(24-9-3-5-15(12-24)21(25)26)19-11-13-4-1-2-6-18(13)27-19/h1-2,4,6-8,10-11,15,20H,3,5,9,12H2,(H,25,26). The number of halogens is 2. The fraction of sp³-hybridized carbons (Fsp3) is 0.286. The Balaban J connectivity index is 1.79. The maximum atomic E-state index is 11.6. The summed E-state index contributed by atoms with van der Waals surface area (Å²) in [5, 5.41) is 11.8. The molecule has 0 saturated carbocycles. The Morgan fingerprint density at radius 3 is 2.70 bits per heavy atom. The molecule has 2 heterocycles. The maximum Gasteiger partial charge on any atom is 0.307 e. The molecular weight excluding hydrogens is 401 g/mol. The molecule has 0 bridgehead atoms. The number of aliphatic carboxylic acids is 1. The Kier molecular flexibility index (Phi) is 5.42. The molecule has 0 amide bonds.